The Labute approximate surface area is 205 Å². The molecule has 0 radical (unpaired) electrons. The summed E-state index contributed by atoms with van der Waals surface area (Å²) >= 11 is 1.41. The van der Waals surface area contributed by atoms with Gasteiger partial charge in [0.1, 0.15) is 17.3 Å². The predicted octanol–water partition coefficient (Wildman–Crippen LogP) is 4.63. The molecule has 0 atom stereocenters. The molecule has 2 aromatic carbocycles. The third kappa shape index (κ3) is 5.75. The molecule has 0 fully saturated rings. The number of rotatable bonds is 7. The van der Waals surface area contributed by atoms with Crippen LogP contribution in [-0.2, 0) is 13.1 Å². The number of nitrogens with one attached hydrogen (secondary N) is 1. The Morgan fingerprint density at radius 3 is 2.63 bits per heavy atom. The number of aromatic nitrogens is 1. The Morgan fingerprint density at radius 1 is 1.11 bits per heavy atom. The summed E-state index contributed by atoms with van der Waals surface area (Å²) < 4.78 is 25.9. The van der Waals surface area contributed by atoms with Crippen molar-refractivity contribution >= 4 is 23.2 Å². The van der Waals surface area contributed by atoms with E-state index in [0.29, 0.717) is 28.4 Å². The Balaban J connectivity index is 1.51. The largest absolute Gasteiger partial charge is 0.497 e. The number of nitrogens with zero attached hydrogens (tertiary/aromatic N) is 2. The van der Waals surface area contributed by atoms with E-state index < -0.39 is 0 Å². The summed E-state index contributed by atoms with van der Waals surface area (Å²) in [5.74, 6) is 0.217. The highest BCUT2D eigenvalue weighted by Gasteiger charge is 2.15. The quantitative estimate of drug-likeness (QED) is 0.407. The lowest BCUT2D eigenvalue weighted by Gasteiger charge is -2.05. The van der Waals surface area contributed by atoms with Crippen molar-refractivity contribution < 1.29 is 23.1 Å². The molecule has 0 bridgehead atoms. The van der Waals surface area contributed by atoms with Gasteiger partial charge in [-0.05, 0) is 61.9 Å². The maximum absolute atomic E-state index is 13.0. The highest BCUT2D eigenvalue weighted by molar-refractivity contribution is 7.09. The Morgan fingerprint density at radius 2 is 1.89 bits per heavy atom. The molecule has 4 rings (SSSR count). The van der Waals surface area contributed by atoms with Gasteiger partial charge in [0.2, 0.25) is 0 Å². The van der Waals surface area contributed by atoms with Crippen LogP contribution in [0, 0.1) is 19.7 Å². The van der Waals surface area contributed by atoms with E-state index in [1.54, 1.807) is 55.6 Å². The number of carbonyl (C=O) groups is 2. The molecule has 0 aliphatic rings. The summed E-state index contributed by atoms with van der Waals surface area (Å²) in [6, 6.07) is 16.1. The first-order chi connectivity index (χ1) is 16.8. The van der Waals surface area contributed by atoms with E-state index in [9.17, 15) is 14.0 Å². The zero-order valence-corrected chi connectivity index (χ0v) is 20.3. The SMILES string of the molecule is COc1cccc(C(=O)N=c2sc(C)c(C)n2Cc2ccc(C(=O)NCc3ccc(F)cc3)o2)c1. The van der Waals surface area contributed by atoms with Crippen LogP contribution in [0.5, 0.6) is 5.75 Å². The molecule has 0 saturated carbocycles. The topological polar surface area (TPSA) is 85.8 Å². The van der Waals surface area contributed by atoms with E-state index in [1.807, 2.05) is 18.4 Å². The third-order valence-electron chi connectivity index (χ3n) is 5.47. The number of methoxy groups -OCH3 is 1. The summed E-state index contributed by atoms with van der Waals surface area (Å²) in [6.45, 7) is 4.47. The molecule has 4 aromatic rings. The number of hydrogen-bond donors (Lipinski definition) is 1. The van der Waals surface area contributed by atoms with Crippen molar-refractivity contribution in [1.82, 2.24) is 9.88 Å². The van der Waals surface area contributed by atoms with Gasteiger partial charge in [-0.25, -0.2) is 4.39 Å². The molecule has 0 saturated heterocycles. The van der Waals surface area contributed by atoms with Crippen LogP contribution in [-0.4, -0.2) is 23.5 Å². The molecule has 2 amide bonds. The highest BCUT2D eigenvalue weighted by atomic mass is 32.1. The van der Waals surface area contributed by atoms with Gasteiger partial charge >= 0.3 is 0 Å². The number of aryl methyl sites for hydroxylation is 1. The second-order valence-electron chi connectivity index (χ2n) is 7.84. The average Bonchev–Trinajstić information content (AvgIpc) is 3.44. The second kappa shape index (κ2) is 10.5. The van der Waals surface area contributed by atoms with Crippen LogP contribution < -0.4 is 14.9 Å². The van der Waals surface area contributed by atoms with Crippen LogP contribution in [0.25, 0.3) is 0 Å². The van der Waals surface area contributed by atoms with Crippen molar-refractivity contribution in [1.29, 1.82) is 0 Å². The van der Waals surface area contributed by atoms with Crippen molar-refractivity contribution in [2.75, 3.05) is 7.11 Å². The number of furan rings is 1. The van der Waals surface area contributed by atoms with Gasteiger partial charge < -0.3 is 19.0 Å². The number of amides is 2. The van der Waals surface area contributed by atoms with Crippen LogP contribution in [0.1, 0.15) is 42.8 Å². The van der Waals surface area contributed by atoms with Gasteiger partial charge in [-0.3, -0.25) is 9.59 Å². The predicted molar refractivity (Wildman–Crippen MR) is 130 cm³/mol. The molecule has 2 heterocycles. The molecular formula is C26H24FN3O4S. The number of carbonyl (C=O) groups excluding carboxylic acids is 2. The molecule has 7 nitrogen and oxygen atoms in total. The van der Waals surface area contributed by atoms with E-state index >= 15 is 0 Å². The normalized spacial score (nSPS) is 11.5. The Kier molecular flexibility index (Phi) is 7.26. The van der Waals surface area contributed by atoms with Crippen molar-refractivity contribution in [2.45, 2.75) is 26.9 Å². The number of benzene rings is 2. The highest BCUT2D eigenvalue weighted by Crippen LogP contribution is 2.16. The van der Waals surface area contributed by atoms with E-state index in [0.717, 1.165) is 16.1 Å². The Hall–Kier alpha value is -3.98. The maximum atomic E-state index is 13.0. The molecule has 0 aliphatic heterocycles. The summed E-state index contributed by atoms with van der Waals surface area (Å²) in [5, 5.41) is 2.76. The van der Waals surface area contributed by atoms with Crippen molar-refractivity contribution in [3.63, 3.8) is 0 Å². The van der Waals surface area contributed by atoms with Gasteiger partial charge in [0.25, 0.3) is 11.8 Å². The fourth-order valence-electron chi connectivity index (χ4n) is 3.39. The van der Waals surface area contributed by atoms with E-state index in [2.05, 4.69) is 10.3 Å². The lowest BCUT2D eigenvalue weighted by molar-refractivity contribution is 0.0920. The van der Waals surface area contributed by atoms with Crippen molar-refractivity contribution in [3.8, 4) is 5.75 Å². The lowest BCUT2D eigenvalue weighted by atomic mass is 10.2. The molecule has 180 valence electrons. The van der Waals surface area contributed by atoms with Gasteiger partial charge in [0.15, 0.2) is 10.6 Å². The van der Waals surface area contributed by atoms with E-state index in [1.165, 1.54) is 23.5 Å². The second-order valence-corrected chi connectivity index (χ2v) is 9.02. The molecular weight excluding hydrogens is 469 g/mol. The number of ether oxygens (including phenoxy) is 1. The van der Waals surface area contributed by atoms with Crippen LogP contribution in [0.15, 0.2) is 70.1 Å². The first-order valence-electron chi connectivity index (χ1n) is 10.9. The van der Waals surface area contributed by atoms with E-state index in [-0.39, 0.29) is 29.9 Å². The summed E-state index contributed by atoms with van der Waals surface area (Å²) in [5.41, 5.74) is 2.15. The minimum absolute atomic E-state index is 0.165. The lowest BCUT2D eigenvalue weighted by Crippen LogP contribution is -2.22. The summed E-state index contributed by atoms with van der Waals surface area (Å²) in [7, 11) is 1.54. The zero-order valence-electron chi connectivity index (χ0n) is 19.5. The zero-order chi connectivity index (χ0) is 24.9. The molecule has 0 aliphatic carbocycles. The van der Waals surface area contributed by atoms with Gasteiger partial charge in [-0.1, -0.05) is 18.2 Å². The standard InChI is InChI=1S/C26H24FN3O4S/c1-16-17(2)35-26(29-24(31)19-5-4-6-21(13-19)33-3)30(16)15-22-11-12-23(34-22)25(32)28-14-18-7-9-20(27)10-8-18/h4-13H,14-15H2,1-3H3,(H,28,32). The van der Waals surface area contributed by atoms with Gasteiger partial charge in [-0.15, -0.1) is 11.3 Å². The molecule has 35 heavy (non-hydrogen) atoms. The van der Waals surface area contributed by atoms with E-state index in [4.69, 9.17) is 9.15 Å². The first kappa shape index (κ1) is 24.2. The minimum atomic E-state index is -0.376. The minimum Gasteiger partial charge on any atom is -0.497 e. The fraction of sp³-hybridized carbons (Fsp3) is 0.192. The van der Waals surface area contributed by atoms with Crippen LogP contribution in [0.4, 0.5) is 4.39 Å². The first-order valence-corrected chi connectivity index (χ1v) is 11.7. The molecule has 9 heteroatoms. The van der Waals surface area contributed by atoms with Gasteiger partial charge in [-0.2, -0.15) is 4.99 Å². The average molecular weight is 494 g/mol. The number of thiazole rings is 1. The van der Waals surface area contributed by atoms with Crippen LogP contribution >= 0.6 is 11.3 Å². The fourth-order valence-corrected chi connectivity index (χ4v) is 4.36. The van der Waals surface area contributed by atoms with Crippen molar-refractivity contribution in [3.05, 3.63) is 105 Å². The number of hydrogen-bond acceptors (Lipinski definition) is 5. The number of halogens is 1. The molecule has 0 spiro atoms. The smallest absolute Gasteiger partial charge is 0.287 e. The maximum Gasteiger partial charge on any atom is 0.287 e. The van der Waals surface area contributed by atoms with Crippen LogP contribution in [0.3, 0.4) is 0 Å². The molecule has 1 N–H and O–H groups in total. The van der Waals surface area contributed by atoms with Gasteiger partial charge in [0, 0.05) is 22.7 Å². The third-order valence-corrected chi connectivity index (χ3v) is 6.57. The van der Waals surface area contributed by atoms with Gasteiger partial charge in [0.05, 0.1) is 13.7 Å². The Bertz CT molecular complexity index is 1430. The molecule has 0 unspecified atom stereocenters. The monoisotopic (exact) mass is 493 g/mol. The molecule has 2 aromatic heterocycles. The van der Waals surface area contributed by atoms with Crippen molar-refractivity contribution in [2.24, 2.45) is 4.99 Å². The summed E-state index contributed by atoms with van der Waals surface area (Å²) in [4.78, 5) is 31.2. The summed E-state index contributed by atoms with van der Waals surface area (Å²) in [6.07, 6.45) is 0. The van der Waals surface area contributed by atoms with Crippen LogP contribution in [0.2, 0.25) is 0 Å².